The minimum absolute atomic E-state index is 0.148. The van der Waals surface area contributed by atoms with Gasteiger partial charge in [-0.1, -0.05) is 30.3 Å². The lowest BCUT2D eigenvalue weighted by Gasteiger charge is -2.19. The molecule has 5 rings (SSSR count). The number of nitrogens with one attached hydrogen (secondary N) is 2. The van der Waals surface area contributed by atoms with Crippen LogP contribution in [0.15, 0.2) is 72.8 Å². The van der Waals surface area contributed by atoms with E-state index in [0.717, 1.165) is 16.9 Å². The smallest absolute Gasteiger partial charge is 0.252 e. The summed E-state index contributed by atoms with van der Waals surface area (Å²) in [5.41, 5.74) is 3.48. The van der Waals surface area contributed by atoms with Crippen molar-refractivity contribution in [1.29, 1.82) is 0 Å². The van der Waals surface area contributed by atoms with E-state index in [2.05, 4.69) is 10.6 Å². The summed E-state index contributed by atoms with van der Waals surface area (Å²) in [5, 5.41) is 6.25. The molecule has 0 radical (unpaired) electrons. The first-order valence-corrected chi connectivity index (χ1v) is 11.6. The van der Waals surface area contributed by atoms with Crippen LogP contribution in [0.1, 0.15) is 15.9 Å². The summed E-state index contributed by atoms with van der Waals surface area (Å²) in [7, 11) is 1.60. The fraction of sp³-hybridized carbons (Fsp3) is 0.179. The van der Waals surface area contributed by atoms with Crippen molar-refractivity contribution in [3.05, 3.63) is 83.9 Å². The summed E-state index contributed by atoms with van der Waals surface area (Å²) in [6.07, 6.45) is 0. The van der Waals surface area contributed by atoms with E-state index in [0.29, 0.717) is 53.4 Å². The Balaban J connectivity index is 1.31. The molecule has 0 unspecified atom stereocenters. The highest BCUT2D eigenvalue weighted by molar-refractivity contribution is 6.08. The van der Waals surface area contributed by atoms with Gasteiger partial charge in [0, 0.05) is 17.5 Å². The van der Waals surface area contributed by atoms with Gasteiger partial charge < -0.3 is 24.8 Å². The van der Waals surface area contributed by atoms with Crippen molar-refractivity contribution in [3.8, 4) is 28.5 Å². The zero-order valence-electron chi connectivity index (χ0n) is 19.7. The predicted octanol–water partition coefficient (Wildman–Crippen LogP) is 3.73. The molecule has 0 saturated heterocycles. The molecule has 1 aliphatic heterocycles. The topological polar surface area (TPSA) is 98.8 Å². The first-order valence-electron chi connectivity index (χ1n) is 11.6. The number of amides is 2. The van der Waals surface area contributed by atoms with Crippen LogP contribution in [0.2, 0.25) is 0 Å². The molecule has 8 heteroatoms. The Morgan fingerprint density at radius 2 is 1.69 bits per heavy atom. The summed E-state index contributed by atoms with van der Waals surface area (Å²) < 4.78 is 16.4. The van der Waals surface area contributed by atoms with Gasteiger partial charge in [0.05, 0.1) is 30.4 Å². The maximum atomic E-state index is 13.1. The number of rotatable bonds is 7. The number of hydrogen-bond donors (Lipinski definition) is 2. The molecule has 0 aliphatic carbocycles. The fourth-order valence-electron chi connectivity index (χ4n) is 3.98. The lowest BCUT2D eigenvalue weighted by molar-refractivity contribution is -0.120. The van der Waals surface area contributed by atoms with Crippen LogP contribution in [0.5, 0.6) is 17.2 Å². The second-order valence-electron chi connectivity index (χ2n) is 8.24. The molecule has 0 fully saturated rings. The molecule has 36 heavy (non-hydrogen) atoms. The number of nitrogens with zero attached hydrogens (tertiary/aromatic N) is 1. The lowest BCUT2D eigenvalue weighted by Crippen LogP contribution is -2.36. The monoisotopic (exact) mass is 483 g/mol. The number of pyridine rings is 1. The first kappa shape index (κ1) is 23.2. The summed E-state index contributed by atoms with van der Waals surface area (Å²) >= 11 is 0. The quantitative estimate of drug-likeness (QED) is 0.416. The van der Waals surface area contributed by atoms with Crippen LogP contribution < -0.4 is 24.8 Å². The molecule has 182 valence electrons. The number of fused-ring (bicyclic) bond motifs is 2. The molecular formula is C28H25N3O5. The Morgan fingerprint density at radius 3 is 2.50 bits per heavy atom. The van der Waals surface area contributed by atoms with E-state index < -0.39 is 0 Å². The van der Waals surface area contributed by atoms with Crippen LogP contribution in [-0.4, -0.2) is 43.7 Å². The second-order valence-corrected chi connectivity index (χ2v) is 8.24. The second kappa shape index (κ2) is 10.4. The number of carbonyl (C=O) groups excluding carboxylic acids is 2. The van der Waals surface area contributed by atoms with E-state index in [9.17, 15) is 9.59 Å². The third-order valence-corrected chi connectivity index (χ3v) is 5.86. The van der Waals surface area contributed by atoms with E-state index in [-0.39, 0.29) is 18.4 Å². The van der Waals surface area contributed by atoms with Gasteiger partial charge in [0.2, 0.25) is 5.91 Å². The van der Waals surface area contributed by atoms with E-state index in [1.54, 1.807) is 13.2 Å². The van der Waals surface area contributed by atoms with Crippen LogP contribution in [0, 0.1) is 0 Å². The number of ether oxygens (including phenoxy) is 3. The third-order valence-electron chi connectivity index (χ3n) is 5.86. The maximum Gasteiger partial charge on any atom is 0.252 e. The van der Waals surface area contributed by atoms with Crippen molar-refractivity contribution >= 4 is 22.7 Å². The van der Waals surface area contributed by atoms with Crippen LogP contribution in [0.4, 0.5) is 0 Å². The Labute approximate surface area is 208 Å². The summed E-state index contributed by atoms with van der Waals surface area (Å²) in [5.74, 6) is 1.44. The Kier molecular flexibility index (Phi) is 6.66. The van der Waals surface area contributed by atoms with Crippen molar-refractivity contribution in [1.82, 2.24) is 15.6 Å². The third kappa shape index (κ3) is 5.07. The van der Waals surface area contributed by atoms with Crippen LogP contribution in [-0.2, 0) is 11.3 Å². The van der Waals surface area contributed by atoms with Gasteiger partial charge in [0.25, 0.3) is 5.91 Å². The highest BCUT2D eigenvalue weighted by Crippen LogP contribution is 2.35. The Bertz CT molecular complexity index is 1420. The fourth-order valence-corrected chi connectivity index (χ4v) is 3.98. The van der Waals surface area contributed by atoms with Gasteiger partial charge in [-0.25, -0.2) is 4.98 Å². The van der Waals surface area contributed by atoms with E-state index in [1.807, 2.05) is 66.7 Å². The number of para-hydroxylation sites is 1. The van der Waals surface area contributed by atoms with Crippen LogP contribution in [0.3, 0.4) is 0 Å². The molecule has 0 atom stereocenters. The standard InChI is InChI=1S/C28H25N3O5/c1-34-20-9-6-18(7-10-20)16-29-27(32)17-30-28(33)22-15-24(31-23-5-3-2-4-21(22)23)19-8-11-25-26(14-19)36-13-12-35-25/h2-11,14-15H,12-13,16-17H2,1H3,(H,29,32)(H,30,33). The highest BCUT2D eigenvalue weighted by atomic mass is 16.6. The molecule has 1 aliphatic rings. The Morgan fingerprint density at radius 1 is 0.917 bits per heavy atom. The molecular weight excluding hydrogens is 458 g/mol. The number of hydrogen-bond acceptors (Lipinski definition) is 6. The zero-order valence-corrected chi connectivity index (χ0v) is 19.7. The SMILES string of the molecule is COc1ccc(CNC(=O)CNC(=O)c2cc(-c3ccc4c(c3)OCCO4)nc3ccccc23)cc1. The molecule has 2 amide bonds. The molecule has 2 N–H and O–H groups in total. The van der Waals surface area contributed by atoms with Crippen molar-refractivity contribution in [3.63, 3.8) is 0 Å². The number of carbonyl (C=O) groups is 2. The lowest BCUT2D eigenvalue weighted by atomic mass is 10.0. The Hall–Kier alpha value is -4.59. The van der Waals surface area contributed by atoms with Crippen molar-refractivity contribution in [2.45, 2.75) is 6.54 Å². The van der Waals surface area contributed by atoms with Gasteiger partial charge >= 0.3 is 0 Å². The largest absolute Gasteiger partial charge is 0.497 e. The molecule has 4 aromatic rings. The van der Waals surface area contributed by atoms with Crippen molar-refractivity contribution in [2.24, 2.45) is 0 Å². The van der Waals surface area contributed by atoms with Gasteiger partial charge in [-0.3, -0.25) is 9.59 Å². The van der Waals surface area contributed by atoms with Gasteiger partial charge in [0.1, 0.15) is 19.0 Å². The van der Waals surface area contributed by atoms with Crippen molar-refractivity contribution < 1.29 is 23.8 Å². The van der Waals surface area contributed by atoms with E-state index in [4.69, 9.17) is 19.2 Å². The average Bonchev–Trinajstić information content (AvgIpc) is 2.94. The van der Waals surface area contributed by atoms with Gasteiger partial charge in [-0.05, 0) is 48.0 Å². The molecule has 2 heterocycles. The minimum atomic E-state index is -0.355. The van der Waals surface area contributed by atoms with Crippen molar-refractivity contribution in [2.75, 3.05) is 26.9 Å². The number of benzene rings is 3. The average molecular weight is 484 g/mol. The van der Waals surface area contributed by atoms with Gasteiger partial charge in [-0.15, -0.1) is 0 Å². The molecule has 0 saturated carbocycles. The zero-order chi connectivity index (χ0) is 24.9. The normalized spacial score (nSPS) is 12.1. The van der Waals surface area contributed by atoms with Crippen LogP contribution >= 0.6 is 0 Å². The first-order chi connectivity index (χ1) is 17.6. The van der Waals surface area contributed by atoms with E-state index >= 15 is 0 Å². The molecule has 0 bridgehead atoms. The molecule has 3 aromatic carbocycles. The number of methoxy groups -OCH3 is 1. The number of aromatic nitrogens is 1. The van der Waals surface area contributed by atoms with Gasteiger partial charge in [-0.2, -0.15) is 0 Å². The molecule has 0 spiro atoms. The summed E-state index contributed by atoms with van der Waals surface area (Å²) in [6, 6.07) is 22.2. The highest BCUT2D eigenvalue weighted by Gasteiger charge is 2.17. The minimum Gasteiger partial charge on any atom is -0.497 e. The van der Waals surface area contributed by atoms with Gasteiger partial charge in [0.15, 0.2) is 11.5 Å². The predicted molar refractivity (Wildman–Crippen MR) is 135 cm³/mol. The molecule has 8 nitrogen and oxygen atoms in total. The van der Waals surface area contributed by atoms with Crippen LogP contribution in [0.25, 0.3) is 22.2 Å². The summed E-state index contributed by atoms with van der Waals surface area (Å²) in [6.45, 7) is 1.20. The molecule has 1 aromatic heterocycles. The maximum absolute atomic E-state index is 13.1. The summed E-state index contributed by atoms with van der Waals surface area (Å²) in [4.78, 5) is 30.3. The van der Waals surface area contributed by atoms with E-state index in [1.165, 1.54) is 0 Å².